The number of benzene rings is 2. The second kappa shape index (κ2) is 6.30. The Hall–Kier alpha value is -3.14. The summed E-state index contributed by atoms with van der Waals surface area (Å²) in [4.78, 5) is 4.95. The van der Waals surface area contributed by atoms with Crippen LogP contribution in [0.4, 0.5) is 11.5 Å². The molecule has 26 heavy (non-hydrogen) atoms. The van der Waals surface area contributed by atoms with Crippen LogP contribution in [0.3, 0.4) is 0 Å². The van der Waals surface area contributed by atoms with E-state index in [-0.39, 0.29) is 5.41 Å². The molecule has 4 heteroatoms. The molecule has 2 aromatic heterocycles. The van der Waals surface area contributed by atoms with Crippen molar-refractivity contribution >= 4 is 17.2 Å². The SMILES string of the molecule is CC(C)(C)c1cc(Nc2ccccc2)n2ncc(-c3ccccc3)c2n1. The van der Waals surface area contributed by atoms with Crippen molar-refractivity contribution in [2.24, 2.45) is 0 Å². The third-order valence-corrected chi connectivity index (χ3v) is 4.37. The highest BCUT2D eigenvalue weighted by Gasteiger charge is 2.20. The molecule has 130 valence electrons. The number of para-hydroxylation sites is 1. The summed E-state index contributed by atoms with van der Waals surface area (Å²) in [6, 6.07) is 22.5. The quantitative estimate of drug-likeness (QED) is 0.539. The molecule has 0 aliphatic rings. The van der Waals surface area contributed by atoms with Crippen molar-refractivity contribution in [1.29, 1.82) is 0 Å². The van der Waals surface area contributed by atoms with Crippen LogP contribution >= 0.6 is 0 Å². The molecular weight excluding hydrogens is 320 g/mol. The number of nitrogens with zero attached hydrogens (tertiary/aromatic N) is 3. The van der Waals surface area contributed by atoms with E-state index in [4.69, 9.17) is 4.98 Å². The number of fused-ring (bicyclic) bond motifs is 1. The number of hydrogen-bond acceptors (Lipinski definition) is 3. The van der Waals surface area contributed by atoms with Gasteiger partial charge in [-0.2, -0.15) is 9.61 Å². The molecule has 4 aromatic rings. The first-order valence-corrected chi connectivity index (χ1v) is 8.79. The standard InChI is InChI=1S/C22H22N4/c1-22(2,3)19-14-20(24-17-12-8-5-9-13-17)26-21(25-19)18(15-23-26)16-10-6-4-7-11-16/h4-15,24H,1-3H3. The molecule has 1 N–H and O–H groups in total. The van der Waals surface area contributed by atoms with E-state index in [9.17, 15) is 0 Å². The van der Waals surface area contributed by atoms with Gasteiger partial charge in [0.15, 0.2) is 5.65 Å². The molecule has 2 heterocycles. The van der Waals surface area contributed by atoms with Gasteiger partial charge in [0.2, 0.25) is 0 Å². The molecule has 0 radical (unpaired) electrons. The van der Waals surface area contributed by atoms with Gasteiger partial charge < -0.3 is 5.32 Å². The molecule has 0 fully saturated rings. The zero-order chi connectivity index (χ0) is 18.1. The Bertz CT molecular complexity index is 1030. The molecule has 2 aromatic carbocycles. The van der Waals surface area contributed by atoms with Crippen LogP contribution < -0.4 is 5.32 Å². The topological polar surface area (TPSA) is 42.2 Å². The fourth-order valence-corrected chi connectivity index (χ4v) is 2.93. The van der Waals surface area contributed by atoms with E-state index in [0.29, 0.717) is 0 Å². The molecule has 0 saturated carbocycles. The monoisotopic (exact) mass is 342 g/mol. The summed E-state index contributed by atoms with van der Waals surface area (Å²) in [6.45, 7) is 6.53. The molecule has 0 unspecified atom stereocenters. The van der Waals surface area contributed by atoms with Crippen molar-refractivity contribution in [3.05, 3.63) is 78.6 Å². The van der Waals surface area contributed by atoms with E-state index < -0.39 is 0 Å². The lowest BCUT2D eigenvalue weighted by Gasteiger charge is -2.20. The predicted octanol–water partition coefficient (Wildman–Crippen LogP) is 5.44. The van der Waals surface area contributed by atoms with Crippen molar-refractivity contribution in [3.63, 3.8) is 0 Å². The highest BCUT2D eigenvalue weighted by molar-refractivity contribution is 5.78. The minimum Gasteiger partial charge on any atom is -0.340 e. The van der Waals surface area contributed by atoms with Crippen molar-refractivity contribution in [2.45, 2.75) is 26.2 Å². The first kappa shape index (κ1) is 16.3. The summed E-state index contributed by atoms with van der Waals surface area (Å²) in [5, 5.41) is 8.09. The molecule has 0 bridgehead atoms. The largest absolute Gasteiger partial charge is 0.340 e. The molecule has 0 spiro atoms. The zero-order valence-electron chi connectivity index (χ0n) is 15.3. The van der Waals surface area contributed by atoms with Crippen molar-refractivity contribution in [2.75, 3.05) is 5.32 Å². The van der Waals surface area contributed by atoms with E-state index in [1.165, 1.54) is 0 Å². The first-order chi connectivity index (χ1) is 12.5. The van der Waals surface area contributed by atoms with E-state index in [2.05, 4.69) is 49.4 Å². The zero-order valence-corrected chi connectivity index (χ0v) is 15.3. The third kappa shape index (κ3) is 3.06. The minimum absolute atomic E-state index is 0.0624. The number of nitrogens with one attached hydrogen (secondary N) is 1. The fourth-order valence-electron chi connectivity index (χ4n) is 2.93. The molecule has 0 aliphatic carbocycles. The van der Waals surface area contributed by atoms with Crippen molar-refractivity contribution in [1.82, 2.24) is 14.6 Å². The van der Waals surface area contributed by atoms with E-state index in [1.54, 1.807) is 0 Å². The van der Waals surface area contributed by atoms with Crippen molar-refractivity contribution in [3.8, 4) is 11.1 Å². The van der Waals surface area contributed by atoms with Gasteiger partial charge in [-0.05, 0) is 17.7 Å². The van der Waals surface area contributed by atoms with Crippen LogP contribution in [0.5, 0.6) is 0 Å². The Kier molecular flexibility index (Phi) is 3.96. The molecule has 4 nitrogen and oxygen atoms in total. The second-order valence-electron chi connectivity index (χ2n) is 7.43. The Labute approximate surface area is 153 Å². The van der Waals surface area contributed by atoms with Gasteiger partial charge >= 0.3 is 0 Å². The number of anilines is 2. The third-order valence-electron chi connectivity index (χ3n) is 4.37. The van der Waals surface area contributed by atoms with Gasteiger partial charge in [-0.1, -0.05) is 69.3 Å². The molecular formula is C22H22N4. The first-order valence-electron chi connectivity index (χ1n) is 8.79. The van der Waals surface area contributed by atoms with Gasteiger partial charge in [0.05, 0.1) is 11.9 Å². The summed E-state index contributed by atoms with van der Waals surface area (Å²) < 4.78 is 1.88. The summed E-state index contributed by atoms with van der Waals surface area (Å²) >= 11 is 0. The number of rotatable bonds is 3. The van der Waals surface area contributed by atoms with Gasteiger partial charge in [0.1, 0.15) is 5.82 Å². The summed E-state index contributed by atoms with van der Waals surface area (Å²) in [5.74, 6) is 0.910. The maximum Gasteiger partial charge on any atom is 0.165 e. The van der Waals surface area contributed by atoms with Crippen LogP contribution in [0.25, 0.3) is 16.8 Å². The molecule has 4 rings (SSSR count). The summed E-state index contributed by atoms with van der Waals surface area (Å²) in [6.07, 6.45) is 1.89. The fraction of sp³-hybridized carbons (Fsp3) is 0.182. The highest BCUT2D eigenvalue weighted by atomic mass is 15.3. The van der Waals surface area contributed by atoms with E-state index in [1.807, 2.05) is 59.2 Å². The lowest BCUT2D eigenvalue weighted by atomic mass is 9.92. The van der Waals surface area contributed by atoms with Crippen LogP contribution in [0, 0.1) is 0 Å². The van der Waals surface area contributed by atoms with Crippen LogP contribution in [-0.2, 0) is 5.41 Å². The maximum absolute atomic E-state index is 4.95. The molecule has 0 aliphatic heterocycles. The maximum atomic E-state index is 4.95. The van der Waals surface area contributed by atoms with Gasteiger partial charge in [-0.3, -0.25) is 0 Å². The number of aromatic nitrogens is 3. The van der Waals surface area contributed by atoms with Gasteiger partial charge in [-0.15, -0.1) is 0 Å². The van der Waals surface area contributed by atoms with Gasteiger partial charge in [0, 0.05) is 22.7 Å². The van der Waals surface area contributed by atoms with Crippen LogP contribution in [-0.4, -0.2) is 14.6 Å². The smallest absolute Gasteiger partial charge is 0.165 e. The summed E-state index contributed by atoms with van der Waals surface area (Å²) in [7, 11) is 0. The molecule has 0 saturated heterocycles. The van der Waals surface area contributed by atoms with Crippen LogP contribution in [0.1, 0.15) is 26.5 Å². The van der Waals surface area contributed by atoms with E-state index >= 15 is 0 Å². The predicted molar refractivity (Wildman–Crippen MR) is 107 cm³/mol. The van der Waals surface area contributed by atoms with Crippen LogP contribution in [0.2, 0.25) is 0 Å². The molecule has 0 atom stereocenters. The van der Waals surface area contributed by atoms with Gasteiger partial charge in [-0.25, -0.2) is 4.98 Å². The lowest BCUT2D eigenvalue weighted by molar-refractivity contribution is 0.569. The second-order valence-corrected chi connectivity index (χ2v) is 7.43. The van der Waals surface area contributed by atoms with Crippen LogP contribution in [0.15, 0.2) is 72.9 Å². The highest BCUT2D eigenvalue weighted by Crippen LogP contribution is 2.30. The molecule has 0 amide bonds. The Morgan fingerprint density at radius 1 is 0.885 bits per heavy atom. The summed E-state index contributed by atoms with van der Waals surface area (Å²) in [5.41, 5.74) is 5.01. The van der Waals surface area contributed by atoms with Crippen molar-refractivity contribution < 1.29 is 0 Å². The Morgan fingerprint density at radius 3 is 2.19 bits per heavy atom. The average molecular weight is 342 g/mol. The number of hydrogen-bond donors (Lipinski definition) is 1. The Morgan fingerprint density at radius 2 is 1.54 bits per heavy atom. The normalized spacial score (nSPS) is 11.7. The Balaban J connectivity index is 1.92. The lowest BCUT2D eigenvalue weighted by Crippen LogP contribution is -2.16. The van der Waals surface area contributed by atoms with Gasteiger partial charge in [0.25, 0.3) is 0 Å². The van der Waals surface area contributed by atoms with E-state index in [0.717, 1.165) is 34.0 Å². The minimum atomic E-state index is -0.0624. The average Bonchev–Trinajstić information content (AvgIpc) is 3.07.